The summed E-state index contributed by atoms with van der Waals surface area (Å²) in [5, 5.41) is 11.2. The zero-order valence-electron chi connectivity index (χ0n) is 12.0. The number of H-pyrrole nitrogens is 1. The second kappa shape index (κ2) is 4.91. The van der Waals surface area contributed by atoms with Gasteiger partial charge in [0.05, 0.1) is 5.69 Å². The van der Waals surface area contributed by atoms with Crippen LogP contribution < -0.4 is 4.90 Å². The Kier molecular flexibility index (Phi) is 2.89. The summed E-state index contributed by atoms with van der Waals surface area (Å²) in [7, 11) is 0. The first kappa shape index (κ1) is 13.0. The maximum absolute atomic E-state index is 12.9. The SMILES string of the molecule is O=C(c1ccc2[nH]ccc2c1)N1CCCc2cccc(O)c21. The molecule has 0 saturated carbocycles. The zero-order chi connectivity index (χ0) is 15.1. The highest BCUT2D eigenvalue weighted by molar-refractivity contribution is 6.09. The van der Waals surface area contributed by atoms with Crippen molar-refractivity contribution in [2.75, 3.05) is 11.4 Å². The van der Waals surface area contributed by atoms with Crippen molar-refractivity contribution in [2.24, 2.45) is 0 Å². The van der Waals surface area contributed by atoms with Crippen molar-refractivity contribution in [3.63, 3.8) is 0 Å². The Hall–Kier alpha value is -2.75. The lowest BCUT2D eigenvalue weighted by molar-refractivity contribution is 0.0984. The molecule has 110 valence electrons. The van der Waals surface area contributed by atoms with E-state index in [0.29, 0.717) is 17.8 Å². The number of rotatable bonds is 1. The lowest BCUT2D eigenvalue weighted by atomic mass is 10.00. The highest BCUT2D eigenvalue weighted by Crippen LogP contribution is 2.36. The van der Waals surface area contributed by atoms with Gasteiger partial charge in [0.15, 0.2) is 0 Å². The molecule has 3 aromatic rings. The van der Waals surface area contributed by atoms with Gasteiger partial charge in [-0.1, -0.05) is 12.1 Å². The van der Waals surface area contributed by atoms with E-state index in [2.05, 4.69) is 4.98 Å². The number of aromatic amines is 1. The summed E-state index contributed by atoms with van der Waals surface area (Å²) in [5.41, 5.74) is 3.34. The number of para-hydroxylation sites is 1. The van der Waals surface area contributed by atoms with Gasteiger partial charge in [-0.2, -0.15) is 0 Å². The second-order valence-electron chi connectivity index (χ2n) is 5.62. The number of anilines is 1. The zero-order valence-corrected chi connectivity index (χ0v) is 12.0. The quantitative estimate of drug-likeness (QED) is 0.721. The number of fused-ring (bicyclic) bond motifs is 2. The van der Waals surface area contributed by atoms with Crippen molar-refractivity contribution >= 4 is 22.5 Å². The van der Waals surface area contributed by atoms with Crippen LogP contribution in [0.4, 0.5) is 5.69 Å². The fourth-order valence-electron chi connectivity index (χ4n) is 3.18. The van der Waals surface area contributed by atoms with Crippen LogP contribution in [0.2, 0.25) is 0 Å². The first-order valence-electron chi connectivity index (χ1n) is 7.44. The number of nitrogens with one attached hydrogen (secondary N) is 1. The lowest BCUT2D eigenvalue weighted by Gasteiger charge is -2.30. The standard InChI is InChI=1S/C18H16N2O2/c21-16-5-1-3-12-4-2-10-20(17(12)16)18(22)14-6-7-15-13(11-14)8-9-19-15/h1,3,5-9,11,19,21H,2,4,10H2. The molecule has 2 N–H and O–H groups in total. The molecule has 0 fully saturated rings. The highest BCUT2D eigenvalue weighted by atomic mass is 16.3. The predicted molar refractivity (Wildman–Crippen MR) is 86.4 cm³/mol. The molecule has 0 aliphatic carbocycles. The van der Waals surface area contributed by atoms with Crippen LogP contribution in [0.15, 0.2) is 48.7 Å². The molecule has 2 heterocycles. The van der Waals surface area contributed by atoms with Gasteiger partial charge < -0.3 is 15.0 Å². The van der Waals surface area contributed by atoms with Crippen LogP contribution in [0.1, 0.15) is 22.3 Å². The van der Waals surface area contributed by atoms with Gasteiger partial charge in [0.2, 0.25) is 0 Å². The maximum atomic E-state index is 12.9. The van der Waals surface area contributed by atoms with Crippen LogP contribution in [-0.2, 0) is 6.42 Å². The molecule has 1 aliphatic heterocycles. The van der Waals surface area contributed by atoms with E-state index in [4.69, 9.17) is 0 Å². The number of carbonyl (C=O) groups is 1. The third kappa shape index (κ3) is 1.96. The van der Waals surface area contributed by atoms with Gasteiger partial charge in [-0.25, -0.2) is 0 Å². The van der Waals surface area contributed by atoms with Crippen LogP contribution in [0.25, 0.3) is 10.9 Å². The number of nitrogens with zero attached hydrogens (tertiary/aromatic N) is 1. The van der Waals surface area contributed by atoms with Crippen molar-refractivity contribution in [1.29, 1.82) is 0 Å². The summed E-state index contributed by atoms with van der Waals surface area (Å²) < 4.78 is 0. The molecule has 1 amide bonds. The van der Waals surface area contributed by atoms with Crippen molar-refractivity contribution in [1.82, 2.24) is 4.98 Å². The van der Waals surface area contributed by atoms with Crippen molar-refractivity contribution in [3.05, 3.63) is 59.8 Å². The van der Waals surface area contributed by atoms with Crippen LogP contribution in [0, 0.1) is 0 Å². The Morgan fingerprint density at radius 2 is 2.09 bits per heavy atom. The fourth-order valence-corrected chi connectivity index (χ4v) is 3.18. The van der Waals surface area contributed by atoms with E-state index in [1.165, 1.54) is 0 Å². The van der Waals surface area contributed by atoms with E-state index >= 15 is 0 Å². The van der Waals surface area contributed by atoms with Crippen molar-refractivity contribution < 1.29 is 9.90 Å². The minimum absolute atomic E-state index is 0.0643. The molecule has 0 atom stereocenters. The van der Waals surface area contributed by atoms with E-state index in [-0.39, 0.29) is 11.7 Å². The van der Waals surface area contributed by atoms with Crippen molar-refractivity contribution in [3.8, 4) is 5.75 Å². The molecule has 0 bridgehead atoms. The number of aromatic hydroxyl groups is 1. The van der Waals surface area contributed by atoms with Gasteiger partial charge in [-0.3, -0.25) is 4.79 Å². The molecular weight excluding hydrogens is 276 g/mol. The fraction of sp³-hybridized carbons (Fsp3) is 0.167. The Labute approximate surface area is 128 Å². The second-order valence-corrected chi connectivity index (χ2v) is 5.62. The largest absolute Gasteiger partial charge is 0.506 e. The van der Waals surface area contributed by atoms with Crippen LogP contribution in [0.3, 0.4) is 0 Å². The molecule has 1 aromatic heterocycles. The van der Waals surface area contributed by atoms with Gasteiger partial charge in [-0.15, -0.1) is 0 Å². The summed E-state index contributed by atoms with van der Waals surface area (Å²) in [5.74, 6) is 0.110. The van der Waals surface area contributed by atoms with Gasteiger partial charge in [-0.05, 0) is 48.7 Å². The minimum Gasteiger partial charge on any atom is -0.506 e. The molecule has 4 rings (SSSR count). The molecule has 2 aromatic carbocycles. The number of benzene rings is 2. The molecule has 4 nitrogen and oxygen atoms in total. The van der Waals surface area contributed by atoms with E-state index in [9.17, 15) is 9.90 Å². The smallest absolute Gasteiger partial charge is 0.258 e. The average Bonchev–Trinajstić information content (AvgIpc) is 3.01. The third-order valence-electron chi connectivity index (χ3n) is 4.24. The molecule has 22 heavy (non-hydrogen) atoms. The van der Waals surface area contributed by atoms with Gasteiger partial charge >= 0.3 is 0 Å². The average molecular weight is 292 g/mol. The Balaban J connectivity index is 1.77. The number of phenols is 1. The van der Waals surface area contributed by atoms with E-state index in [1.807, 2.05) is 42.6 Å². The number of phenolic OH excluding ortho intramolecular Hbond substituents is 1. The molecule has 0 radical (unpaired) electrons. The van der Waals surface area contributed by atoms with Gasteiger partial charge in [0.1, 0.15) is 5.75 Å². The molecule has 1 aliphatic rings. The molecule has 4 heteroatoms. The normalized spacial score (nSPS) is 14.1. The maximum Gasteiger partial charge on any atom is 0.258 e. The number of carbonyl (C=O) groups excluding carboxylic acids is 1. The van der Waals surface area contributed by atoms with Crippen LogP contribution in [-0.4, -0.2) is 22.5 Å². The van der Waals surface area contributed by atoms with Crippen molar-refractivity contribution in [2.45, 2.75) is 12.8 Å². The minimum atomic E-state index is -0.0643. The number of aryl methyl sites for hydroxylation is 1. The number of aromatic nitrogens is 1. The lowest BCUT2D eigenvalue weighted by Crippen LogP contribution is -2.35. The summed E-state index contributed by atoms with van der Waals surface area (Å²) in [6.07, 6.45) is 3.67. The summed E-state index contributed by atoms with van der Waals surface area (Å²) >= 11 is 0. The number of hydrogen-bond donors (Lipinski definition) is 2. The molecule has 0 unspecified atom stereocenters. The highest BCUT2D eigenvalue weighted by Gasteiger charge is 2.26. The van der Waals surface area contributed by atoms with Gasteiger partial charge in [0.25, 0.3) is 5.91 Å². The van der Waals surface area contributed by atoms with Crippen LogP contribution in [0.5, 0.6) is 5.75 Å². The Bertz CT molecular complexity index is 866. The topological polar surface area (TPSA) is 56.3 Å². The number of hydrogen-bond acceptors (Lipinski definition) is 2. The molecule has 0 spiro atoms. The monoisotopic (exact) mass is 292 g/mol. The van der Waals surface area contributed by atoms with E-state index in [1.54, 1.807) is 11.0 Å². The van der Waals surface area contributed by atoms with E-state index < -0.39 is 0 Å². The predicted octanol–water partition coefficient (Wildman–Crippen LogP) is 3.47. The number of amides is 1. The first-order valence-corrected chi connectivity index (χ1v) is 7.44. The Morgan fingerprint density at radius 1 is 1.18 bits per heavy atom. The van der Waals surface area contributed by atoms with E-state index in [0.717, 1.165) is 29.3 Å². The molecular formula is C18H16N2O2. The summed E-state index contributed by atoms with van der Waals surface area (Å²) in [6, 6.07) is 13.0. The first-order chi connectivity index (χ1) is 10.7. The van der Waals surface area contributed by atoms with Crippen LogP contribution >= 0.6 is 0 Å². The molecule has 0 saturated heterocycles. The Morgan fingerprint density at radius 3 is 3.00 bits per heavy atom. The van der Waals surface area contributed by atoms with Gasteiger partial charge in [0, 0.05) is 29.2 Å². The third-order valence-corrected chi connectivity index (χ3v) is 4.24. The summed E-state index contributed by atoms with van der Waals surface area (Å²) in [6.45, 7) is 0.634. The summed E-state index contributed by atoms with van der Waals surface area (Å²) in [4.78, 5) is 17.7.